The van der Waals surface area contributed by atoms with Crippen LogP contribution in [0, 0.1) is 6.92 Å². The molecule has 0 spiro atoms. The van der Waals surface area contributed by atoms with Gasteiger partial charge in [-0.3, -0.25) is 4.79 Å². The van der Waals surface area contributed by atoms with Crippen LogP contribution in [-0.4, -0.2) is 59.3 Å². The van der Waals surface area contributed by atoms with Gasteiger partial charge in [0.2, 0.25) is 0 Å². The van der Waals surface area contributed by atoms with Gasteiger partial charge in [-0.1, -0.05) is 24.3 Å². The van der Waals surface area contributed by atoms with Gasteiger partial charge >= 0.3 is 5.97 Å². The van der Waals surface area contributed by atoms with Gasteiger partial charge in [-0.25, -0.2) is 9.78 Å². The maximum Gasteiger partial charge on any atom is 0.326 e. The van der Waals surface area contributed by atoms with Crippen LogP contribution in [0.4, 0.5) is 0 Å². The molecule has 8 nitrogen and oxygen atoms in total. The minimum atomic E-state index is -1.05. The van der Waals surface area contributed by atoms with E-state index < -0.39 is 17.9 Å². The van der Waals surface area contributed by atoms with Crippen LogP contribution in [0.3, 0.4) is 0 Å². The second kappa shape index (κ2) is 11.8. The number of benzene rings is 2. The Kier molecular flexibility index (Phi) is 8.32. The molecule has 3 aromatic rings. The molecule has 0 bridgehead atoms. The highest BCUT2D eigenvalue weighted by atomic mass is 32.2. The van der Waals surface area contributed by atoms with Gasteiger partial charge in [-0.2, -0.15) is 11.8 Å². The van der Waals surface area contributed by atoms with Crippen LogP contribution in [0.5, 0.6) is 17.4 Å². The van der Waals surface area contributed by atoms with Gasteiger partial charge in [-0.15, -0.1) is 0 Å². The third-order valence-corrected chi connectivity index (χ3v) is 6.40. The van der Waals surface area contributed by atoms with E-state index in [1.54, 1.807) is 36.5 Å². The first kappa shape index (κ1) is 25.4. The summed E-state index contributed by atoms with van der Waals surface area (Å²) in [5, 5.41) is 12.2. The number of nitrogens with one attached hydrogen (secondary N) is 1. The summed E-state index contributed by atoms with van der Waals surface area (Å²) >= 11 is 1.53. The Balaban J connectivity index is 1.55. The Morgan fingerprint density at radius 2 is 2.03 bits per heavy atom. The quantitative estimate of drug-likeness (QED) is 0.419. The average Bonchev–Trinajstić information content (AvgIpc) is 2.89. The molecule has 36 heavy (non-hydrogen) atoms. The lowest BCUT2D eigenvalue weighted by Crippen LogP contribution is -2.41. The monoisotopic (exact) mass is 508 g/mol. The third-order valence-electron chi connectivity index (χ3n) is 5.76. The molecule has 4 rings (SSSR count). The first-order valence-corrected chi connectivity index (χ1v) is 13.0. The van der Waals surface area contributed by atoms with Crippen molar-refractivity contribution in [2.45, 2.75) is 25.5 Å². The number of hydrogen-bond donors (Lipinski definition) is 2. The van der Waals surface area contributed by atoms with E-state index in [0.29, 0.717) is 47.3 Å². The van der Waals surface area contributed by atoms with Crippen molar-refractivity contribution in [1.82, 2.24) is 10.3 Å². The number of aliphatic carboxylic acids is 1. The molecule has 0 aliphatic carbocycles. The number of thioether (sulfide) groups is 1. The van der Waals surface area contributed by atoms with Crippen molar-refractivity contribution >= 4 is 23.6 Å². The fraction of sp³-hybridized carbons (Fsp3) is 0.296. The number of aryl methyl sites for hydroxylation is 1. The molecule has 0 unspecified atom stereocenters. The molecule has 2 aromatic carbocycles. The first-order chi connectivity index (χ1) is 17.5. The van der Waals surface area contributed by atoms with Gasteiger partial charge in [0, 0.05) is 11.8 Å². The van der Waals surface area contributed by atoms with Crippen molar-refractivity contribution in [3.63, 3.8) is 0 Å². The van der Waals surface area contributed by atoms with E-state index in [0.717, 1.165) is 11.1 Å². The number of carbonyl (C=O) groups excluding carboxylic acids is 1. The molecule has 2 N–H and O–H groups in total. The van der Waals surface area contributed by atoms with Gasteiger partial charge in [0.15, 0.2) is 11.9 Å². The van der Waals surface area contributed by atoms with E-state index in [4.69, 9.17) is 14.2 Å². The standard InChI is InChI=1S/C27H28N2O6S/c1-17-6-3-4-7-20(17)22-14-18(33-15-19-16-34-26-24(35-19)8-5-12-28-26)9-10-21(22)25(30)29-23(27(31)32)11-13-36-2/h3-10,12,14,19,23H,11,13,15-16H2,1-2H3,(H,29,30)(H,31,32)/t19-,23-/m0/s1. The summed E-state index contributed by atoms with van der Waals surface area (Å²) in [5.41, 5.74) is 2.88. The molecule has 188 valence electrons. The van der Waals surface area contributed by atoms with Crippen molar-refractivity contribution in [3.05, 3.63) is 71.9 Å². The summed E-state index contributed by atoms with van der Waals surface area (Å²) in [7, 11) is 0. The summed E-state index contributed by atoms with van der Waals surface area (Å²) < 4.78 is 17.6. The molecule has 0 saturated heterocycles. The van der Waals surface area contributed by atoms with Gasteiger partial charge in [-0.05, 0) is 72.4 Å². The number of fused-ring (bicyclic) bond motifs is 1. The molecule has 1 aliphatic heterocycles. The van der Waals surface area contributed by atoms with Crippen molar-refractivity contribution in [1.29, 1.82) is 0 Å². The minimum absolute atomic E-state index is 0.239. The normalized spacial score (nSPS) is 15.1. The number of carboxylic acid groups (broad SMARTS) is 1. The number of nitrogens with zero attached hydrogens (tertiary/aromatic N) is 1. The van der Waals surface area contributed by atoms with Crippen molar-refractivity contribution < 1.29 is 28.9 Å². The van der Waals surface area contributed by atoms with Crippen LogP contribution in [0.1, 0.15) is 22.3 Å². The van der Waals surface area contributed by atoms with E-state index in [1.165, 1.54) is 11.8 Å². The van der Waals surface area contributed by atoms with E-state index >= 15 is 0 Å². The third kappa shape index (κ3) is 6.09. The predicted octanol–water partition coefficient (Wildman–Crippen LogP) is 4.21. The van der Waals surface area contributed by atoms with Crippen LogP contribution in [0.2, 0.25) is 0 Å². The fourth-order valence-corrected chi connectivity index (χ4v) is 4.34. The van der Waals surface area contributed by atoms with Crippen molar-refractivity contribution in [2.24, 2.45) is 0 Å². The van der Waals surface area contributed by atoms with E-state index in [-0.39, 0.29) is 12.7 Å². The van der Waals surface area contributed by atoms with Crippen LogP contribution >= 0.6 is 11.8 Å². The Bertz CT molecular complexity index is 1230. The van der Waals surface area contributed by atoms with E-state index in [1.807, 2.05) is 37.4 Å². The van der Waals surface area contributed by atoms with Crippen molar-refractivity contribution in [3.8, 4) is 28.5 Å². The summed E-state index contributed by atoms with van der Waals surface area (Å²) in [6.45, 7) is 2.51. The van der Waals surface area contributed by atoms with Crippen LogP contribution in [-0.2, 0) is 4.79 Å². The molecule has 0 fully saturated rings. The Hall–Kier alpha value is -3.72. The number of ether oxygens (including phenoxy) is 3. The maximum atomic E-state index is 13.2. The topological polar surface area (TPSA) is 107 Å². The number of amides is 1. The fourth-order valence-electron chi connectivity index (χ4n) is 3.87. The number of rotatable bonds is 10. The van der Waals surface area contributed by atoms with Crippen LogP contribution in [0.15, 0.2) is 60.8 Å². The lowest BCUT2D eigenvalue weighted by atomic mass is 9.95. The number of hydrogen-bond acceptors (Lipinski definition) is 7. The summed E-state index contributed by atoms with van der Waals surface area (Å²) in [4.78, 5) is 29.0. The van der Waals surface area contributed by atoms with Gasteiger partial charge in [0.25, 0.3) is 11.8 Å². The predicted molar refractivity (Wildman–Crippen MR) is 138 cm³/mol. The zero-order chi connectivity index (χ0) is 25.5. The summed E-state index contributed by atoms with van der Waals surface area (Å²) in [6, 6.07) is 15.5. The van der Waals surface area contributed by atoms with Crippen LogP contribution in [0.25, 0.3) is 11.1 Å². The minimum Gasteiger partial charge on any atom is -0.490 e. The van der Waals surface area contributed by atoms with Crippen LogP contribution < -0.4 is 19.5 Å². The maximum absolute atomic E-state index is 13.2. The lowest BCUT2D eigenvalue weighted by molar-refractivity contribution is -0.139. The second-order valence-corrected chi connectivity index (χ2v) is 9.32. The summed E-state index contributed by atoms with van der Waals surface area (Å²) in [5.74, 6) is 0.718. The summed E-state index contributed by atoms with van der Waals surface area (Å²) in [6.07, 6.45) is 3.56. The zero-order valence-electron chi connectivity index (χ0n) is 20.1. The van der Waals surface area contributed by atoms with E-state index in [2.05, 4.69) is 10.3 Å². The van der Waals surface area contributed by atoms with E-state index in [9.17, 15) is 14.7 Å². The molecule has 2 heterocycles. The molecule has 1 amide bonds. The molecule has 9 heteroatoms. The average molecular weight is 509 g/mol. The highest BCUT2D eigenvalue weighted by Crippen LogP contribution is 2.32. The smallest absolute Gasteiger partial charge is 0.326 e. The van der Waals surface area contributed by atoms with Gasteiger partial charge < -0.3 is 24.6 Å². The molecule has 2 atom stereocenters. The Morgan fingerprint density at radius 1 is 1.19 bits per heavy atom. The number of carbonyl (C=O) groups is 2. The molecular formula is C27H28N2O6S. The van der Waals surface area contributed by atoms with Crippen molar-refractivity contribution in [2.75, 3.05) is 25.2 Å². The Morgan fingerprint density at radius 3 is 2.81 bits per heavy atom. The first-order valence-electron chi connectivity index (χ1n) is 11.6. The lowest BCUT2D eigenvalue weighted by Gasteiger charge is -2.25. The molecular weight excluding hydrogens is 480 g/mol. The largest absolute Gasteiger partial charge is 0.490 e. The van der Waals surface area contributed by atoms with Gasteiger partial charge in [0.1, 0.15) is 25.0 Å². The molecule has 0 radical (unpaired) electrons. The highest BCUT2D eigenvalue weighted by molar-refractivity contribution is 7.98. The number of pyridine rings is 1. The number of carboxylic acids is 1. The molecule has 1 aromatic heterocycles. The second-order valence-electron chi connectivity index (χ2n) is 8.34. The highest BCUT2D eigenvalue weighted by Gasteiger charge is 2.24. The molecule has 0 saturated carbocycles. The Labute approximate surface area is 214 Å². The zero-order valence-corrected chi connectivity index (χ0v) is 20.9. The number of aromatic nitrogens is 1. The van der Waals surface area contributed by atoms with Gasteiger partial charge in [0.05, 0.1) is 0 Å². The molecule has 1 aliphatic rings. The SMILES string of the molecule is CSCC[C@H](NC(=O)c1ccc(OC[C@H]2COc3ncccc3O2)cc1-c1ccccc1C)C(=O)O.